The molecule has 19 heavy (non-hydrogen) atoms. The molecule has 0 unspecified atom stereocenters. The Morgan fingerprint density at radius 1 is 1.53 bits per heavy atom. The second-order valence-electron chi connectivity index (χ2n) is 4.77. The number of likely N-dealkylation sites (tertiary alicyclic amines) is 1. The number of carbonyl (C=O) groups excluding carboxylic acids is 1. The third-order valence-electron chi connectivity index (χ3n) is 3.19. The van der Waals surface area contributed by atoms with Gasteiger partial charge in [-0.05, 0) is 32.9 Å². The minimum atomic E-state index is -0.749. The Bertz CT molecular complexity index is 463. The van der Waals surface area contributed by atoms with Gasteiger partial charge in [-0.25, -0.2) is 0 Å². The van der Waals surface area contributed by atoms with Gasteiger partial charge in [0.05, 0.1) is 18.2 Å². The highest BCUT2D eigenvalue weighted by Crippen LogP contribution is 2.17. The smallest absolute Gasteiger partial charge is 0.306 e. The topological polar surface area (TPSA) is 95.7 Å². The number of nitrogens with one attached hydrogen (secondary N) is 1. The van der Waals surface area contributed by atoms with Gasteiger partial charge in [-0.1, -0.05) is 5.16 Å². The van der Waals surface area contributed by atoms with E-state index in [1.54, 1.807) is 13.0 Å². The summed E-state index contributed by atoms with van der Waals surface area (Å²) in [7, 11) is 0. The number of nitrogens with zero attached hydrogens (tertiary/aromatic N) is 2. The molecule has 0 spiro atoms. The first-order valence-electron chi connectivity index (χ1n) is 6.23. The maximum Gasteiger partial charge on any atom is 0.306 e. The maximum atomic E-state index is 11.7. The Hall–Kier alpha value is -1.89. The van der Waals surface area contributed by atoms with Crippen LogP contribution in [0.25, 0.3) is 0 Å². The van der Waals surface area contributed by atoms with E-state index >= 15 is 0 Å². The van der Waals surface area contributed by atoms with Crippen LogP contribution >= 0.6 is 0 Å². The van der Waals surface area contributed by atoms with Gasteiger partial charge in [0.2, 0.25) is 11.8 Å². The molecule has 0 atom stereocenters. The van der Waals surface area contributed by atoms with Gasteiger partial charge in [-0.3, -0.25) is 19.8 Å². The number of rotatable bonds is 4. The third kappa shape index (κ3) is 3.78. The van der Waals surface area contributed by atoms with Crippen LogP contribution in [0.15, 0.2) is 10.6 Å². The number of carbonyl (C=O) groups is 2. The summed E-state index contributed by atoms with van der Waals surface area (Å²) < 4.78 is 4.89. The fraction of sp³-hybridized carbons (Fsp3) is 0.583. The second-order valence-corrected chi connectivity index (χ2v) is 4.77. The maximum absolute atomic E-state index is 11.7. The van der Waals surface area contributed by atoms with Crippen molar-refractivity contribution in [3.63, 3.8) is 0 Å². The van der Waals surface area contributed by atoms with E-state index in [1.807, 2.05) is 4.90 Å². The fourth-order valence-electron chi connectivity index (χ4n) is 2.14. The number of aliphatic carboxylic acids is 1. The van der Waals surface area contributed by atoms with Gasteiger partial charge in [0, 0.05) is 6.07 Å². The number of anilines is 1. The van der Waals surface area contributed by atoms with Gasteiger partial charge in [0.15, 0.2) is 0 Å². The van der Waals surface area contributed by atoms with Gasteiger partial charge in [0.25, 0.3) is 0 Å². The predicted octanol–water partition coefficient (Wildman–Crippen LogP) is 0.718. The number of aromatic nitrogens is 1. The Morgan fingerprint density at radius 2 is 2.21 bits per heavy atom. The van der Waals surface area contributed by atoms with Crippen molar-refractivity contribution < 1.29 is 19.2 Å². The summed E-state index contributed by atoms with van der Waals surface area (Å²) in [6.45, 7) is 3.27. The standard InChI is InChI=1S/C12H17N3O4/c1-8-6-11(19-14-8)13-10(16)7-15-4-2-9(3-5-15)12(17)18/h6,9H,2-5,7H2,1H3,(H,13,16)(H,17,18). The zero-order valence-electron chi connectivity index (χ0n) is 10.8. The van der Waals surface area contributed by atoms with E-state index in [4.69, 9.17) is 9.63 Å². The summed E-state index contributed by atoms with van der Waals surface area (Å²) in [6, 6.07) is 1.65. The lowest BCUT2D eigenvalue weighted by molar-refractivity contribution is -0.143. The lowest BCUT2D eigenvalue weighted by Crippen LogP contribution is -2.40. The second kappa shape index (κ2) is 5.83. The number of hydrogen-bond donors (Lipinski definition) is 2. The van der Waals surface area contributed by atoms with Crippen molar-refractivity contribution in [3.05, 3.63) is 11.8 Å². The molecule has 1 amide bonds. The van der Waals surface area contributed by atoms with Crippen LogP contribution in [0.4, 0.5) is 5.88 Å². The van der Waals surface area contributed by atoms with Crippen LogP contribution in [-0.4, -0.2) is 46.7 Å². The third-order valence-corrected chi connectivity index (χ3v) is 3.19. The zero-order valence-corrected chi connectivity index (χ0v) is 10.8. The summed E-state index contributed by atoms with van der Waals surface area (Å²) in [4.78, 5) is 24.5. The molecule has 1 fully saturated rings. The SMILES string of the molecule is Cc1cc(NC(=O)CN2CCC(C(=O)O)CC2)on1. The average molecular weight is 267 g/mol. The van der Waals surface area contributed by atoms with Crippen LogP contribution in [0.2, 0.25) is 0 Å². The number of aryl methyl sites for hydroxylation is 1. The summed E-state index contributed by atoms with van der Waals surface area (Å²) in [5.41, 5.74) is 0.706. The molecule has 1 saturated heterocycles. The summed E-state index contributed by atoms with van der Waals surface area (Å²) in [6.07, 6.45) is 1.17. The molecule has 2 heterocycles. The minimum Gasteiger partial charge on any atom is -0.481 e. The van der Waals surface area contributed by atoms with Crippen LogP contribution in [0.3, 0.4) is 0 Å². The van der Waals surface area contributed by atoms with Crippen LogP contribution < -0.4 is 5.32 Å². The van der Waals surface area contributed by atoms with E-state index in [1.165, 1.54) is 0 Å². The molecule has 7 nitrogen and oxygen atoms in total. The monoisotopic (exact) mass is 267 g/mol. The lowest BCUT2D eigenvalue weighted by Gasteiger charge is -2.29. The molecule has 104 valence electrons. The number of carboxylic acid groups (broad SMARTS) is 1. The molecule has 7 heteroatoms. The lowest BCUT2D eigenvalue weighted by atomic mass is 9.97. The van der Waals surface area contributed by atoms with Gasteiger partial charge in [-0.2, -0.15) is 0 Å². The zero-order chi connectivity index (χ0) is 13.8. The highest BCUT2D eigenvalue weighted by molar-refractivity contribution is 5.91. The van der Waals surface area contributed by atoms with Crippen molar-refractivity contribution in [2.24, 2.45) is 5.92 Å². The Balaban J connectivity index is 1.76. The Morgan fingerprint density at radius 3 is 2.74 bits per heavy atom. The van der Waals surface area contributed by atoms with Crippen molar-refractivity contribution in [2.75, 3.05) is 25.0 Å². The van der Waals surface area contributed by atoms with Gasteiger partial charge in [-0.15, -0.1) is 0 Å². The number of hydrogen-bond acceptors (Lipinski definition) is 5. The summed E-state index contributed by atoms with van der Waals surface area (Å²) >= 11 is 0. The van der Waals surface area contributed by atoms with Crippen molar-refractivity contribution in [1.29, 1.82) is 0 Å². The van der Waals surface area contributed by atoms with Crippen LogP contribution in [0.1, 0.15) is 18.5 Å². The molecule has 2 N–H and O–H groups in total. The van der Waals surface area contributed by atoms with Crippen LogP contribution in [-0.2, 0) is 9.59 Å². The Kier molecular flexibility index (Phi) is 4.16. The average Bonchev–Trinajstić information content (AvgIpc) is 2.75. The number of carboxylic acids is 1. The van der Waals surface area contributed by atoms with Crippen molar-refractivity contribution in [1.82, 2.24) is 10.1 Å². The van der Waals surface area contributed by atoms with E-state index in [0.29, 0.717) is 37.5 Å². The largest absolute Gasteiger partial charge is 0.481 e. The van der Waals surface area contributed by atoms with E-state index in [9.17, 15) is 9.59 Å². The van der Waals surface area contributed by atoms with E-state index < -0.39 is 5.97 Å². The minimum absolute atomic E-state index is 0.176. The van der Waals surface area contributed by atoms with Gasteiger partial charge >= 0.3 is 5.97 Å². The molecule has 0 aromatic carbocycles. The molecule has 1 aliphatic rings. The molecule has 0 radical (unpaired) electrons. The first kappa shape index (κ1) is 13.5. The summed E-state index contributed by atoms with van der Waals surface area (Å²) in [5.74, 6) is -0.870. The summed E-state index contributed by atoms with van der Waals surface area (Å²) in [5, 5.41) is 15.2. The van der Waals surface area contributed by atoms with E-state index in [-0.39, 0.29) is 18.4 Å². The molecule has 0 aliphatic carbocycles. The predicted molar refractivity (Wildman–Crippen MR) is 66.7 cm³/mol. The molecule has 1 aliphatic heterocycles. The molecule has 2 rings (SSSR count). The normalized spacial score (nSPS) is 17.3. The molecular weight excluding hydrogens is 250 g/mol. The molecular formula is C12H17N3O4. The Labute approximate surface area is 110 Å². The quantitative estimate of drug-likeness (QED) is 0.834. The van der Waals surface area contributed by atoms with Crippen LogP contribution in [0.5, 0.6) is 0 Å². The van der Waals surface area contributed by atoms with Crippen LogP contribution in [0, 0.1) is 12.8 Å². The highest BCUT2D eigenvalue weighted by atomic mass is 16.5. The molecule has 1 aromatic heterocycles. The van der Waals surface area contributed by atoms with Crippen molar-refractivity contribution >= 4 is 17.8 Å². The molecule has 1 aromatic rings. The first-order valence-corrected chi connectivity index (χ1v) is 6.23. The number of amides is 1. The molecule has 0 saturated carbocycles. The van der Waals surface area contributed by atoms with E-state index in [0.717, 1.165) is 0 Å². The first-order chi connectivity index (χ1) is 9.04. The van der Waals surface area contributed by atoms with E-state index in [2.05, 4.69) is 10.5 Å². The van der Waals surface area contributed by atoms with Gasteiger partial charge in [0.1, 0.15) is 0 Å². The molecule has 0 bridgehead atoms. The van der Waals surface area contributed by atoms with Crippen molar-refractivity contribution in [2.45, 2.75) is 19.8 Å². The number of piperidine rings is 1. The van der Waals surface area contributed by atoms with Crippen molar-refractivity contribution in [3.8, 4) is 0 Å². The fourth-order valence-corrected chi connectivity index (χ4v) is 2.14. The highest BCUT2D eigenvalue weighted by Gasteiger charge is 2.25. The van der Waals surface area contributed by atoms with Gasteiger partial charge < -0.3 is 9.63 Å².